The highest BCUT2D eigenvalue weighted by Gasteiger charge is 2.34. The van der Waals surface area contributed by atoms with Crippen LogP contribution in [0.3, 0.4) is 0 Å². The second kappa shape index (κ2) is 5.63. The van der Waals surface area contributed by atoms with Crippen LogP contribution < -0.4 is 5.32 Å². The Morgan fingerprint density at radius 3 is 2.91 bits per heavy atom. The van der Waals surface area contributed by atoms with Gasteiger partial charge in [-0.3, -0.25) is 19.4 Å². The Morgan fingerprint density at radius 2 is 2.23 bits per heavy atom. The number of carbonyl (C=O) groups excluding carboxylic acids is 2. The lowest BCUT2D eigenvalue weighted by Gasteiger charge is -2.24. The van der Waals surface area contributed by atoms with Crippen molar-refractivity contribution in [3.8, 4) is 0 Å². The average Bonchev–Trinajstić information content (AvgIpc) is 3.24. The highest BCUT2D eigenvalue weighted by Crippen LogP contribution is 2.33. The number of nitrogens with zero attached hydrogens (tertiary/aromatic N) is 4. The van der Waals surface area contributed by atoms with Gasteiger partial charge in [-0.05, 0) is 12.8 Å². The molecule has 1 aliphatic heterocycles. The van der Waals surface area contributed by atoms with Crippen LogP contribution in [-0.2, 0) is 7.05 Å². The van der Waals surface area contributed by atoms with Crippen molar-refractivity contribution in [2.45, 2.75) is 18.9 Å². The second-order valence-electron chi connectivity index (χ2n) is 5.34. The van der Waals surface area contributed by atoms with Gasteiger partial charge in [-0.1, -0.05) is 0 Å². The average molecular weight is 302 g/mol. The molecule has 3 rings (SSSR count). The van der Waals surface area contributed by atoms with Crippen LogP contribution in [0, 0.1) is 0 Å². The van der Waals surface area contributed by atoms with Crippen molar-refractivity contribution in [2.24, 2.45) is 7.05 Å². The van der Waals surface area contributed by atoms with Crippen molar-refractivity contribution in [2.75, 3.05) is 13.6 Å². The van der Waals surface area contributed by atoms with Crippen LogP contribution in [0.5, 0.6) is 0 Å². The molecule has 0 aromatic carbocycles. The van der Waals surface area contributed by atoms with Gasteiger partial charge in [0.25, 0.3) is 11.8 Å². The first-order valence-corrected chi connectivity index (χ1v) is 7.16. The third kappa shape index (κ3) is 2.36. The molecule has 0 aliphatic carbocycles. The van der Waals surface area contributed by atoms with E-state index in [1.165, 1.54) is 6.20 Å². The molecule has 8 heteroatoms. The van der Waals surface area contributed by atoms with Crippen molar-refractivity contribution >= 4 is 11.8 Å². The zero-order chi connectivity index (χ0) is 15.7. The smallest absolute Gasteiger partial charge is 0.257 e. The molecule has 0 spiro atoms. The Labute approximate surface area is 127 Å². The molecule has 0 radical (unpaired) electrons. The normalized spacial score (nSPS) is 17.7. The van der Waals surface area contributed by atoms with E-state index in [0.29, 0.717) is 23.4 Å². The van der Waals surface area contributed by atoms with Gasteiger partial charge >= 0.3 is 0 Å². The number of likely N-dealkylation sites (tertiary alicyclic amines) is 1. The lowest BCUT2D eigenvalue weighted by Crippen LogP contribution is -2.32. The van der Waals surface area contributed by atoms with Gasteiger partial charge < -0.3 is 10.2 Å². The topological polar surface area (TPSA) is 95.9 Å². The van der Waals surface area contributed by atoms with Crippen LogP contribution in [0.4, 0.5) is 0 Å². The van der Waals surface area contributed by atoms with Gasteiger partial charge in [0.1, 0.15) is 0 Å². The summed E-state index contributed by atoms with van der Waals surface area (Å²) in [6, 6.07) is -0.164. The summed E-state index contributed by atoms with van der Waals surface area (Å²) >= 11 is 0. The van der Waals surface area contributed by atoms with Gasteiger partial charge in [-0.15, -0.1) is 0 Å². The van der Waals surface area contributed by atoms with E-state index < -0.39 is 0 Å². The number of hydrogen-bond acceptors (Lipinski definition) is 4. The molecule has 2 N–H and O–H groups in total. The summed E-state index contributed by atoms with van der Waals surface area (Å²) < 4.78 is 1.60. The molecule has 0 saturated carbocycles. The first-order valence-electron chi connectivity index (χ1n) is 7.16. The number of aromatic amines is 1. The zero-order valence-corrected chi connectivity index (χ0v) is 12.5. The van der Waals surface area contributed by atoms with Crippen LogP contribution in [0.2, 0.25) is 0 Å². The fraction of sp³-hybridized carbons (Fsp3) is 0.429. The van der Waals surface area contributed by atoms with E-state index in [1.807, 2.05) is 0 Å². The Bertz CT molecular complexity index is 704. The van der Waals surface area contributed by atoms with Crippen LogP contribution in [0.25, 0.3) is 0 Å². The summed E-state index contributed by atoms with van der Waals surface area (Å²) in [6.45, 7) is 0.657. The van der Waals surface area contributed by atoms with Gasteiger partial charge in [0.05, 0.1) is 35.3 Å². The van der Waals surface area contributed by atoms with E-state index in [0.717, 1.165) is 12.8 Å². The fourth-order valence-electron chi connectivity index (χ4n) is 2.87. The molecule has 1 aliphatic rings. The summed E-state index contributed by atoms with van der Waals surface area (Å²) in [5.74, 6) is -0.280. The van der Waals surface area contributed by atoms with Crippen LogP contribution in [-0.4, -0.2) is 50.3 Å². The standard InChI is InChI=1S/C14H18N6O2/c1-15-13(21)10-7-16-18-12(10)11-4-3-5-20(11)14(22)9-6-17-19(2)8-9/h6-8,11H,3-5H2,1-2H3,(H,15,21)(H,16,18)/t11-/m1/s1. The SMILES string of the molecule is CNC(=O)c1cn[nH]c1[C@H]1CCCN1C(=O)c1cnn(C)c1. The maximum atomic E-state index is 12.7. The number of hydrogen-bond donors (Lipinski definition) is 2. The highest BCUT2D eigenvalue weighted by molar-refractivity contribution is 5.96. The molecule has 3 heterocycles. The molecule has 2 aromatic rings. The Balaban J connectivity index is 1.89. The Morgan fingerprint density at radius 1 is 1.41 bits per heavy atom. The van der Waals surface area contributed by atoms with Crippen molar-refractivity contribution < 1.29 is 9.59 Å². The van der Waals surface area contributed by atoms with E-state index in [4.69, 9.17) is 0 Å². The highest BCUT2D eigenvalue weighted by atomic mass is 16.2. The van der Waals surface area contributed by atoms with Crippen LogP contribution in [0.15, 0.2) is 18.6 Å². The Kier molecular flexibility index (Phi) is 3.66. The number of aromatic nitrogens is 4. The number of nitrogens with one attached hydrogen (secondary N) is 2. The predicted octanol–water partition coefficient (Wildman–Crippen LogP) is 0.480. The maximum Gasteiger partial charge on any atom is 0.257 e. The van der Waals surface area contributed by atoms with Crippen molar-refractivity contribution in [1.82, 2.24) is 30.2 Å². The quantitative estimate of drug-likeness (QED) is 0.862. The van der Waals surface area contributed by atoms with E-state index in [2.05, 4.69) is 20.6 Å². The molecular formula is C14H18N6O2. The van der Waals surface area contributed by atoms with Crippen molar-refractivity contribution in [1.29, 1.82) is 0 Å². The molecule has 2 aromatic heterocycles. The summed E-state index contributed by atoms with van der Waals surface area (Å²) in [4.78, 5) is 26.3. The van der Waals surface area contributed by atoms with Gasteiger partial charge in [0, 0.05) is 26.8 Å². The number of amides is 2. The first-order chi connectivity index (χ1) is 10.6. The van der Waals surface area contributed by atoms with E-state index in [-0.39, 0.29) is 17.9 Å². The Hall–Kier alpha value is -2.64. The lowest BCUT2D eigenvalue weighted by atomic mass is 10.1. The van der Waals surface area contributed by atoms with Gasteiger partial charge in [-0.2, -0.15) is 10.2 Å². The molecule has 1 atom stereocenters. The molecule has 2 amide bonds. The van der Waals surface area contributed by atoms with E-state index >= 15 is 0 Å². The minimum absolute atomic E-state index is 0.0759. The van der Waals surface area contributed by atoms with Gasteiger partial charge in [0.2, 0.25) is 0 Å². The minimum Gasteiger partial charge on any atom is -0.355 e. The molecule has 1 saturated heterocycles. The third-order valence-electron chi connectivity index (χ3n) is 3.94. The third-order valence-corrected chi connectivity index (χ3v) is 3.94. The molecule has 116 valence electrons. The zero-order valence-electron chi connectivity index (χ0n) is 12.5. The van der Waals surface area contributed by atoms with E-state index in [1.54, 1.807) is 36.1 Å². The van der Waals surface area contributed by atoms with E-state index in [9.17, 15) is 9.59 Å². The second-order valence-corrected chi connectivity index (χ2v) is 5.34. The van der Waals surface area contributed by atoms with Crippen molar-refractivity contribution in [3.05, 3.63) is 35.4 Å². The van der Waals surface area contributed by atoms with Gasteiger partial charge in [-0.25, -0.2) is 0 Å². The molecule has 0 bridgehead atoms. The maximum absolute atomic E-state index is 12.7. The lowest BCUT2D eigenvalue weighted by molar-refractivity contribution is 0.0729. The monoisotopic (exact) mass is 302 g/mol. The first kappa shape index (κ1) is 14.3. The van der Waals surface area contributed by atoms with Gasteiger partial charge in [0.15, 0.2) is 0 Å². The molecular weight excluding hydrogens is 284 g/mol. The van der Waals surface area contributed by atoms with Crippen LogP contribution in [0.1, 0.15) is 45.3 Å². The summed E-state index contributed by atoms with van der Waals surface area (Å²) in [5.41, 5.74) is 1.72. The predicted molar refractivity (Wildman–Crippen MR) is 78.2 cm³/mol. The summed E-state index contributed by atoms with van der Waals surface area (Å²) in [6.07, 6.45) is 6.45. The molecule has 0 unspecified atom stereocenters. The fourth-order valence-corrected chi connectivity index (χ4v) is 2.87. The largest absolute Gasteiger partial charge is 0.355 e. The number of rotatable bonds is 3. The number of carbonyl (C=O) groups is 2. The number of H-pyrrole nitrogens is 1. The summed E-state index contributed by atoms with van der Waals surface area (Å²) in [7, 11) is 3.35. The molecule has 8 nitrogen and oxygen atoms in total. The van der Waals surface area contributed by atoms with Crippen LogP contribution >= 0.6 is 0 Å². The number of aryl methyl sites for hydroxylation is 1. The molecule has 22 heavy (non-hydrogen) atoms. The van der Waals surface area contributed by atoms with Crippen molar-refractivity contribution in [3.63, 3.8) is 0 Å². The molecule has 1 fully saturated rings. The minimum atomic E-state index is -0.204. The summed E-state index contributed by atoms with van der Waals surface area (Å²) in [5, 5.41) is 13.5.